The molecule has 1 aromatic carbocycles. The fourth-order valence-electron chi connectivity index (χ4n) is 2.63. The third kappa shape index (κ3) is 3.35. The first-order valence-corrected chi connectivity index (χ1v) is 7.48. The molecule has 0 fully saturated rings. The predicted molar refractivity (Wildman–Crippen MR) is 85.6 cm³/mol. The SMILES string of the molecule is CCOC(=O)CCCn1c(C)cc2c(OC)cc(OC)cc21. The van der Waals surface area contributed by atoms with Crippen LogP contribution in [0.25, 0.3) is 10.9 Å². The molecule has 120 valence electrons. The standard InChI is InChI=1S/C17H23NO4/c1-5-22-17(19)7-6-8-18-12(2)9-14-15(18)10-13(20-3)11-16(14)21-4/h9-11H,5-8H2,1-4H3. The number of esters is 1. The van der Waals surface area contributed by atoms with E-state index in [1.54, 1.807) is 14.2 Å². The lowest BCUT2D eigenvalue weighted by Gasteiger charge is -2.10. The summed E-state index contributed by atoms with van der Waals surface area (Å²) >= 11 is 0. The third-order valence-corrected chi connectivity index (χ3v) is 3.69. The van der Waals surface area contributed by atoms with Crippen LogP contribution >= 0.6 is 0 Å². The number of hydrogen-bond donors (Lipinski definition) is 0. The summed E-state index contributed by atoms with van der Waals surface area (Å²) in [6.45, 7) is 5.06. The summed E-state index contributed by atoms with van der Waals surface area (Å²) in [5, 5.41) is 1.05. The summed E-state index contributed by atoms with van der Waals surface area (Å²) in [5.41, 5.74) is 2.18. The Balaban J connectivity index is 2.25. The maximum absolute atomic E-state index is 11.4. The average molecular weight is 305 g/mol. The van der Waals surface area contributed by atoms with Crippen LogP contribution in [0.15, 0.2) is 18.2 Å². The summed E-state index contributed by atoms with van der Waals surface area (Å²) in [5.74, 6) is 1.41. The van der Waals surface area contributed by atoms with Gasteiger partial charge in [0.25, 0.3) is 0 Å². The third-order valence-electron chi connectivity index (χ3n) is 3.69. The van der Waals surface area contributed by atoms with Gasteiger partial charge in [-0.2, -0.15) is 0 Å². The van der Waals surface area contributed by atoms with E-state index < -0.39 is 0 Å². The number of nitrogens with zero attached hydrogens (tertiary/aromatic N) is 1. The van der Waals surface area contributed by atoms with Gasteiger partial charge in [-0.25, -0.2) is 0 Å². The van der Waals surface area contributed by atoms with Gasteiger partial charge in [0.1, 0.15) is 11.5 Å². The van der Waals surface area contributed by atoms with Crippen LogP contribution in [0, 0.1) is 6.92 Å². The number of aromatic nitrogens is 1. The molecule has 0 bridgehead atoms. The molecule has 0 spiro atoms. The Morgan fingerprint density at radius 1 is 1.18 bits per heavy atom. The van der Waals surface area contributed by atoms with E-state index in [1.165, 1.54) is 0 Å². The maximum atomic E-state index is 11.4. The molecule has 2 rings (SSSR count). The molecule has 0 unspecified atom stereocenters. The van der Waals surface area contributed by atoms with E-state index in [9.17, 15) is 4.79 Å². The lowest BCUT2D eigenvalue weighted by Crippen LogP contribution is -2.07. The second kappa shape index (κ2) is 7.20. The van der Waals surface area contributed by atoms with Crippen molar-refractivity contribution in [2.45, 2.75) is 33.2 Å². The van der Waals surface area contributed by atoms with Gasteiger partial charge < -0.3 is 18.8 Å². The van der Waals surface area contributed by atoms with E-state index in [2.05, 4.69) is 17.6 Å². The molecule has 0 saturated carbocycles. The van der Waals surface area contributed by atoms with Crippen molar-refractivity contribution in [3.63, 3.8) is 0 Å². The molecule has 5 nitrogen and oxygen atoms in total. The van der Waals surface area contributed by atoms with Crippen LogP contribution in [0.1, 0.15) is 25.5 Å². The highest BCUT2D eigenvalue weighted by molar-refractivity contribution is 5.89. The van der Waals surface area contributed by atoms with Crippen molar-refractivity contribution < 1.29 is 19.0 Å². The smallest absolute Gasteiger partial charge is 0.305 e. The van der Waals surface area contributed by atoms with Crippen molar-refractivity contribution in [2.75, 3.05) is 20.8 Å². The van der Waals surface area contributed by atoms with Crippen molar-refractivity contribution >= 4 is 16.9 Å². The van der Waals surface area contributed by atoms with Gasteiger partial charge in [0.05, 0.1) is 26.3 Å². The van der Waals surface area contributed by atoms with Gasteiger partial charge in [0.2, 0.25) is 0 Å². The number of ether oxygens (including phenoxy) is 3. The van der Waals surface area contributed by atoms with Crippen LogP contribution in [-0.4, -0.2) is 31.4 Å². The van der Waals surface area contributed by atoms with E-state index in [0.29, 0.717) is 13.0 Å². The zero-order valence-electron chi connectivity index (χ0n) is 13.6. The molecule has 0 aliphatic rings. The molecule has 22 heavy (non-hydrogen) atoms. The summed E-state index contributed by atoms with van der Waals surface area (Å²) in [6, 6.07) is 5.97. The number of aryl methyl sites for hydroxylation is 2. The first-order chi connectivity index (χ1) is 10.6. The van der Waals surface area contributed by atoms with Crippen molar-refractivity contribution in [3.05, 3.63) is 23.9 Å². The van der Waals surface area contributed by atoms with Crippen molar-refractivity contribution in [1.29, 1.82) is 0 Å². The Kier molecular flexibility index (Phi) is 5.31. The van der Waals surface area contributed by atoms with Crippen molar-refractivity contribution in [3.8, 4) is 11.5 Å². The quantitative estimate of drug-likeness (QED) is 0.736. The number of methoxy groups -OCH3 is 2. The van der Waals surface area contributed by atoms with Crippen molar-refractivity contribution in [2.24, 2.45) is 0 Å². The van der Waals surface area contributed by atoms with Crippen LogP contribution in [-0.2, 0) is 16.1 Å². The molecule has 2 aromatic rings. The zero-order valence-corrected chi connectivity index (χ0v) is 13.6. The average Bonchev–Trinajstić information content (AvgIpc) is 2.82. The minimum atomic E-state index is -0.147. The predicted octanol–water partition coefficient (Wildman–Crippen LogP) is 3.31. The molecule has 0 atom stereocenters. The fourth-order valence-corrected chi connectivity index (χ4v) is 2.63. The number of hydrogen-bond acceptors (Lipinski definition) is 4. The molecular weight excluding hydrogens is 282 g/mol. The summed E-state index contributed by atoms with van der Waals surface area (Å²) < 4.78 is 17.9. The van der Waals surface area contributed by atoms with Crippen molar-refractivity contribution in [1.82, 2.24) is 4.57 Å². The van der Waals surface area contributed by atoms with E-state index in [1.807, 2.05) is 19.1 Å². The van der Waals surface area contributed by atoms with Crippen LogP contribution in [0.2, 0.25) is 0 Å². The molecule has 0 saturated heterocycles. The highest BCUT2D eigenvalue weighted by Gasteiger charge is 2.12. The Labute approximate surface area is 130 Å². The zero-order chi connectivity index (χ0) is 16.1. The molecule has 0 N–H and O–H groups in total. The lowest BCUT2D eigenvalue weighted by atomic mass is 10.2. The molecule has 0 aliphatic heterocycles. The fraction of sp³-hybridized carbons (Fsp3) is 0.471. The lowest BCUT2D eigenvalue weighted by molar-refractivity contribution is -0.143. The van der Waals surface area contributed by atoms with Crippen LogP contribution in [0.5, 0.6) is 11.5 Å². The van der Waals surface area contributed by atoms with E-state index in [4.69, 9.17) is 14.2 Å². The van der Waals surface area contributed by atoms with Gasteiger partial charge in [0.15, 0.2) is 0 Å². The van der Waals surface area contributed by atoms with Crippen LogP contribution in [0.3, 0.4) is 0 Å². The number of carbonyl (C=O) groups is 1. The number of carbonyl (C=O) groups excluding carboxylic acids is 1. The highest BCUT2D eigenvalue weighted by Crippen LogP contribution is 2.33. The normalized spacial score (nSPS) is 10.7. The number of rotatable bonds is 7. The topological polar surface area (TPSA) is 49.7 Å². The van der Waals surface area contributed by atoms with E-state index in [0.717, 1.165) is 41.1 Å². The first-order valence-electron chi connectivity index (χ1n) is 7.48. The highest BCUT2D eigenvalue weighted by atomic mass is 16.5. The second-order valence-corrected chi connectivity index (χ2v) is 5.11. The summed E-state index contributed by atoms with van der Waals surface area (Å²) in [7, 11) is 3.29. The number of benzene rings is 1. The Bertz CT molecular complexity index is 660. The largest absolute Gasteiger partial charge is 0.497 e. The molecule has 5 heteroatoms. The van der Waals surface area contributed by atoms with Crippen LogP contribution in [0.4, 0.5) is 0 Å². The molecular formula is C17H23NO4. The Morgan fingerprint density at radius 2 is 1.95 bits per heavy atom. The maximum Gasteiger partial charge on any atom is 0.305 e. The Morgan fingerprint density at radius 3 is 2.59 bits per heavy atom. The minimum Gasteiger partial charge on any atom is -0.497 e. The molecule has 1 heterocycles. The molecule has 0 amide bonds. The molecule has 1 aromatic heterocycles. The summed E-state index contributed by atoms with van der Waals surface area (Å²) in [6.07, 6.45) is 1.16. The minimum absolute atomic E-state index is 0.147. The molecule has 0 radical (unpaired) electrons. The van der Waals surface area contributed by atoms with E-state index in [-0.39, 0.29) is 5.97 Å². The second-order valence-electron chi connectivity index (χ2n) is 5.11. The van der Waals surface area contributed by atoms with Gasteiger partial charge in [0, 0.05) is 36.2 Å². The monoisotopic (exact) mass is 305 g/mol. The van der Waals surface area contributed by atoms with Crippen LogP contribution < -0.4 is 9.47 Å². The van der Waals surface area contributed by atoms with Gasteiger partial charge in [-0.3, -0.25) is 4.79 Å². The van der Waals surface area contributed by atoms with E-state index >= 15 is 0 Å². The van der Waals surface area contributed by atoms with Gasteiger partial charge in [-0.05, 0) is 26.3 Å². The Hall–Kier alpha value is -2.17. The molecule has 0 aliphatic carbocycles. The first kappa shape index (κ1) is 16.2. The van der Waals surface area contributed by atoms with Gasteiger partial charge in [-0.1, -0.05) is 0 Å². The van der Waals surface area contributed by atoms with Gasteiger partial charge >= 0.3 is 5.97 Å². The van der Waals surface area contributed by atoms with Gasteiger partial charge in [-0.15, -0.1) is 0 Å². The summed E-state index contributed by atoms with van der Waals surface area (Å²) in [4.78, 5) is 11.4. The number of fused-ring (bicyclic) bond motifs is 1.